The predicted octanol–water partition coefficient (Wildman–Crippen LogP) is -7.41. The van der Waals surface area contributed by atoms with Gasteiger partial charge in [0.05, 0.1) is 18.8 Å². The number of hydrogen-bond donors (Lipinski definition) is 12. The zero-order valence-electron chi connectivity index (χ0n) is 37.6. The van der Waals surface area contributed by atoms with Crippen molar-refractivity contribution in [2.24, 2.45) is 27.9 Å². The van der Waals surface area contributed by atoms with Crippen LogP contribution in [0.2, 0.25) is 0 Å². The van der Waals surface area contributed by atoms with Crippen LogP contribution >= 0.6 is 0 Å². The summed E-state index contributed by atoms with van der Waals surface area (Å²) in [6.45, 7) is 2.23. The number of carbonyl (C=O) groups is 10. The molecule has 4 heterocycles. The van der Waals surface area contributed by atoms with Crippen molar-refractivity contribution in [1.82, 2.24) is 40.9 Å². The fourth-order valence-electron chi connectivity index (χ4n) is 8.34. The number of nitrogens with two attached hydrogens (primary N) is 4. The van der Waals surface area contributed by atoms with Gasteiger partial charge in [0.2, 0.25) is 53.2 Å². The Balaban J connectivity index is 1.41. The molecule has 0 saturated carbocycles. The summed E-state index contributed by atoms with van der Waals surface area (Å²) in [4.78, 5) is 140. The van der Waals surface area contributed by atoms with Crippen molar-refractivity contribution in [1.29, 1.82) is 0 Å². The van der Waals surface area contributed by atoms with Gasteiger partial charge in [0.25, 0.3) is 0 Å². The molecule has 0 aliphatic carbocycles. The quantitative estimate of drug-likeness (QED) is 0.0257. The van der Waals surface area contributed by atoms with Gasteiger partial charge < -0.3 is 84.2 Å². The van der Waals surface area contributed by atoms with Crippen molar-refractivity contribution in [3.8, 4) is 0 Å². The van der Waals surface area contributed by atoms with E-state index in [1.807, 2.05) is 0 Å². The number of guanidine groups is 1. The van der Waals surface area contributed by atoms with Crippen LogP contribution in [0.4, 0.5) is 0 Å². The molecule has 9 amide bonds. The third-order valence-electron chi connectivity index (χ3n) is 12.4. The van der Waals surface area contributed by atoms with Crippen LogP contribution in [-0.2, 0) is 47.9 Å². The van der Waals surface area contributed by atoms with E-state index in [9.17, 15) is 68.4 Å². The Hall–Kier alpha value is -6.19. The zero-order chi connectivity index (χ0) is 49.9. The monoisotopic (exact) mass is 951 g/mol. The van der Waals surface area contributed by atoms with Gasteiger partial charge in [0, 0.05) is 39.1 Å². The Kier molecular flexibility index (Phi) is 19.1. The first-order valence-corrected chi connectivity index (χ1v) is 22.3. The lowest BCUT2D eigenvalue weighted by Gasteiger charge is -2.44. The maximum absolute atomic E-state index is 14.1. The number of aliphatic carboxylic acids is 1. The van der Waals surface area contributed by atoms with E-state index < -0.39 is 132 Å². The first kappa shape index (κ1) is 53.4. The average Bonchev–Trinajstić information content (AvgIpc) is 3.94. The van der Waals surface area contributed by atoms with Gasteiger partial charge in [-0.2, -0.15) is 0 Å². The normalized spacial score (nSPS) is 23.1. The van der Waals surface area contributed by atoms with E-state index in [-0.39, 0.29) is 90.0 Å². The zero-order valence-corrected chi connectivity index (χ0v) is 37.6. The molecule has 0 aromatic rings. The molecule has 0 aromatic heterocycles. The van der Waals surface area contributed by atoms with Crippen LogP contribution in [0.1, 0.15) is 78.1 Å². The second-order valence-corrected chi connectivity index (χ2v) is 17.2. The third-order valence-corrected chi connectivity index (χ3v) is 12.4. The largest absolute Gasteiger partial charge is 0.480 e. The number of aliphatic hydroxyl groups excluding tert-OH is 3. The van der Waals surface area contributed by atoms with Crippen LogP contribution in [-0.4, -0.2) is 211 Å². The maximum atomic E-state index is 14.1. The van der Waals surface area contributed by atoms with E-state index in [1.165, 1.54) is 33.4 Å². The molecule has 16 N–H and O–H groups in total. The lowest BCUT2D eigenvalue weighted by atomic mass is 9.97. The molecule has 2 unspecified atom stereocenters. The number of nitrogens with zero attached hydrogens (tertiary/aromatic N) is 5. The Bertz CT molecular complexity index is 1910. The fraction of sp³-hybridized carbons (Fsp3) is 0.725. The molecule has 4 aliphatic heterocycles. The molecular formula is C40H65N13O14. The number of carboxylic acid groups (broad SMARTS) is 1. The Morgan fingerprint density at radius 3 is 1.63 bits per heavy atom. The molecule has 4 rings (SSSR count). The smallest absolute Gasteiger partial charge is 0.326 e. The van der Waals surface area contributed by atoms with Crippen LogP contribution in [0.15, 0.2) is 4.99 Å². The molecule has 0 spiro atoms. The Morgan fingerprint density at radius 2 is 1.13 bits per heavy atom. The summed E-state index contributed by atoms with van der Waals surface area (Å²) in [6.07, 6.45) is -1.62. The number of aliphatic hydroxyl groups is 3. The summed E-state index contributed by atoms with van der Waals surface area (Å²) in [7, 11) is 0. The van der Waals surface area contributed by atoms with Crippen molar-refractivity contribution in [3.05, 3.63) is 0 Å². The number of hydrogen-bond acceptors (Lipinski definition) is 15. The second kappa shape index (κ2) is 24.0. The number of likely N-dealkylation sites (tertiary alicyclic amines) is 4. The van der Waals surface area contributed by atoms with Crippen LogP contribution in [0.3, 0.4) is 0 Å². The van der Waals surface area contributed by atoms with Gasteiger partial charge in [0.15, 0.2) is 5.96 Å². The summed E-state index contributed by atoms with van der Waals surface area (Å²) in [6, 6.07) is -11.6. The SMILES string of the molecule is C[C@@H](O)[C@H](N)C(=O)N1CCC1C(=O)N[C@@H](CCCN=C(N)N)C(=O)N[C@H](C(=O)N1CCC1C(=O)N1CCC[C@H]1C(=O)N1CCC[C@H]1C(=O)N[C@@H](CO)C(=O)N[C@@H](CCC(N)=O)C(=O)O)[C@@H](C)O. The minimum atomic E-state index is -1.61. The standard InChI is InChI=1S/C40H65N13O14/c1-19(55)29(42)37(64)52-16-11-25(52)34(61)46-21(6-3-13-45-40(43)44)31(58)49-30(20(2)56)38(65)53-17-12-27(53)36(63)51-15-5-8-26(51)35(62)50-14-4-7-24(50)33(60)48-23(18-54)32(59)47-22(39(66)67)9-10-28(41)57/h19-27,29-30,54-56H,3-18,42H2,1-2H3,(H2,41,57)(H,46,61)(H,47,59)(H,48,60)(H,49,58)(H,66,67)(H4,43,44,45)/t19-,20-,21+,22+,23+,24+,25?,26+,27?,29+,30+/m1/s1. The molecule has 27 heteroatoms. The first-order chi connectivity index (χ1) is 31.6. The highest BCUT2D eigenvalue weighted by Gasteiger charge is 2.49. The van der Waals surface area contributed by atoms with Crippen molar-refractivity contribution in [2.75, 3.05) is 39.3 Å². The molecule has 27 nitrogen and oxygen atoms in total. The van der Waals surface area contributed by atoms with Gasteiger partial charge in [0.1, 0.15) is 54.4 Å². The highest BCUT2D eigenvalue weighted by atomic mass is 16.4. The molecule has 11 atom stereocenters. The molecule has 0 radical (unpaired) electrons. The van der Waals surface area contributed by atoms with Gasteiger partial charge >= 0.3 is 5.97 Å². The number of aliphatic imine (C=N–C) groups is 1. The van der Waals surface area contributed by atoms with Gasteiger partial charge in [-0.15, -0.1) is 0 Å². The minimum absolute atomic E-state index is 0.0398. The molecule has 4 aliphatic rings. The number of nitrogens with one attached hydrogen (secondary N) is 4. The molecule has 4 fully saturated rings. The maximum Gasteiger partial charge on any atom is 0.326 e. The third kappa shape index (κ3) is 13.5. The fourth-order valence-corrected chi connectivity index (χ4v) is 8.34. The van der Waals surface area contributed by atoms with Crippen molar-refractivity contribution in [3.63, 3.8) is 0 Å². The highest BCUT2D eigenvalue weighted by Crippen LogP contribution is 2.29. The van der Waals surface area contributed by atoms with E-state index in [0.717, 1.165) is 0 Å². The van der Waals surface area contributed by atoms with Gasteiger partial charge in [-0.3, -0.25) is 48.1 Å². The Morgan fingerprint density at radius 1 is 0.627 bits per heavy atom. The first-order valence-electron chi connectivity index (χ1n) is 22.3. The van der Waals surface area contributed by atoms with Crippen molar-refractivity contribution in [2.45, 2.75) is 145 Å². The molecule has 4 saturated heterocycles. The van der Waals surface area contributed by atoms with E-state index in [0.29, 0.717) is 12.8 Å². The van der Waals surface area contributed by atoms with Crippen LogP contribution in [0, 0.1) is 0 Å². The van der Waals surface area contributed by atoms with Crippen molar-refractivity contribution >= 4 is 65.1 Å². The number of carbonyl (C=O) groups excluding carboxylic acids is 9. The van der Waals surface area contributed by atoms with Crippen LogP contribution in [0.5, 0.6) is 0 Å². The van der Waals surface area contributed by atoms with E-state index in [1.54, 1.807) is 0 Å². The lowest BCUT2D eigenvalue weighted by molar-refractivity contribution is -0.159. The summed E-state index contributed by atoms with van der Waals surface area (Å²) in [5.74, 6) is -8.53. The van der Waals surface area contributed by atoms with Crippen LogP contribution in [0.25, 0.3) is 0 Å². The van der Waals surface area contributed by atoms with Gasteiger partial charge in [-0.25, -0.2) is 4.79 Å². The highest BCUT2D eigenvalue weighted by molar-refractivity contribution is 5.99. The lowest BCUT2D eigenvalue weighted by Crippen LogP contribution is -2.67. The number of primary amides is 1. The minimum Gasteiger partial charge on any atom is -0.480 e. The van der Waals surface area contributed by atoms with Gasteiger partial charge in [-0.05, 0) is 71.6 Å². The second-order valence-electron chi connectivity index (χ2n) is 17.2. The molecule has 0 bridgehead atoms. The average molecular weight is 952 g/mol. The number of carboxylic acids is 1. The van der Waals surface area contributed by atoms with Gasteiger partial charge in [-0.1, -0.05) is 0 Å². The molecular weight excluding hydrogens is 887 g/mol. The number of amides is 9. The summed E-state index contributed by atoms with van der Waals surface area (Å²) in [5.41, 5.74) is 21.7. The molecule has 374 valence electrons. The van der Waals surface area contributed by atoms with Crippen LogP contribution < -0.4 is 44.2 Å². The molecule has 0 aromatic carbocycles. The summed E-state index contributed by atoms with van der Waals surface area (Å²) in [5, 5.41) is 49.6. The molecule has 67 heavy (non-hydrogen) atoms. The van der Waals surface area contributed by atoms with Crippen molar-refractivity contribution < 1.29 is 68.4 Å². The van der Waals surface area contributed by atoms with E-state index >= 15 is 0 Å². The number of rotatable bonds is 23. The summed E-state index contributed by atoms with van der Waals surface area (Å²) < 4.78 is 0. The predicted molar refractivity (Wildman–Crippen MR) is 232 cm³/mol. The topological polar surface area (TPSA) is 429 Å². The van der Waals surface area contributed by atoms with E-state index in [2.05, 4.69) is 26.3 Å². The van der Waals surface area contributed by atoms with E-state index in [4.69, 9.17) is 22.9 Å². The Labute approximate surface area is 385 Å². The summed E-state index contributed by atoms with van der Waals surface area (Å²) >= 11 is 0.